The summed E-state index contributed by atoms with van der Waals surface area (Å²) in [6.07, 6.45) is 2.15. The maximum Gasteiger partial charge on any atom is 0.337 e. The van der Waals surface area contributed by atoms with Crippen molar-refractivity contribution in [1.82, 2.24) is 4.90 Å². The zero-order valence-electron chi connectivity index (χ0n) is 15.5. The normalized spacial score (nSPS) is 15.5. The fraction of sp³-hybridized carbons (Fsp3) is 0.250. The molecule has 0 atom stereocenters. The van der Waals surface area contributed by atoms with E-state index < -0.39 is 5.97 Å². The number of imide groups is 1. The van der Waals surface area contributed by atoms with Crippen LogP contribution in [0.4, 0.5) is 4.79 Å². The molecule has 1 fully saturated rings. The summed E-state index contributed by atoms with van der Waals surface area (Å²) in [5, 5.41) is -0.294. The van der Waals surface area contributed by atoms with Crippen LogP contribution in [0.15, 0.2) is 45.7 Å². The minimum Gasteiger partial charge on any atom is -0.465 e. The van der Waals surface area contributed by atoms with E-state index in [2.05, 4.69) is 4.74 Å². The Kier molecular flexibility index (Phi) is 6.33. The van der Waals surface area contributed by atoms with Gasteiger partial charge >= 0.3 is 5.97 Å². The minimum atomic E-state index is -0.409. The summed E-state index contributed by atoms with van der Waals surface area (Å²) >= 11 is 0.894. The lowest BCUT2D eigenvalue weighted by molar-refractivity contribution is -0.122. The summed E-state index contributed by atoms with van der Waals surface area (Å²) in [4.78, 5) is 37.5. The maximum absolute atomic E-state index is 12.4. The number of thioether (sulfide) groups is 1. The Morgan fingerprint density at radius 3 is 2.57 bits per heavy atom. The van der Waals surface area contributed by atoms with E-state index in [0.29, 0.717) is 41.6 Å². The SMILES string of the molecule is COCCCN1C(=O)SC(=Cc2ccc(-c3ccc(C(=O)OC)cc3)o2)C1=O. The molecule has 2 aromatic rings. The Bertz CT molecular complexity index is 915. The predicted molar refractivity (Wildman–Crippen MR) is 105 cm³/mol. The van der Waals surface area contributed by atoms with Crippen LogP contribution in [0.25, 0.3) is 17.4 Å². The van der Waals surface area contributed by atoms with E-state index in [4.69, 9.17) is 9.15 Å². The number of carbonyl (C=O) groups excluding carboxylic acids is 3. The first kappa shape index (κ1) is 19.9. The summed E-state index contributed by atoms with van der Waals surface area (Å²) in [6, 6.07) is 10.3. The highest BCUT2D eigenvalue weighted by molar-refractivity contribution is 8.18. The summed E-state index contributed by atoms with van der Waals surface area (Å²) in [7, 11) is 2.90. The van der Waals surface area contributed by atoms with Gasteiger partial charge in [0.2, 0.25) is 0 Å². The molecule has 1 saturated heterocycles. The van der Waals surface area contributed by atoms with Crippen LogP contribution >= 0.6 is 11.8 Å². The number of carbonyl (C=O) groups is 3. The number of benzene rings is 1. The van der Waals surface area contributed by atoms with Crippen molar-refractivity contribution in [3.05, 3.63) is 52.6 Å². The van der Waals surface area contributed by atoms with Gasteiger partial charge in [-0.15, -0.1) is 0 Å². The van der Waals surface area contributed by atoms with Crippen LogP contribution in [-0.4, -0.2) is 49.4 Å². The van der Waals surface area contributed by atoms with Crippen LogP contribution in [-0.2, 0) is 14.3 Å². The van der Waals surface area contributed by atoms with E-state index in [1.807, 2.05) is 0 Å². The first-order chi connectivity index (χ1) is 13.5. The fourth-order valence-electron chi connectivity index (χ4n) is 2.66. The zero-order valence-corrected chi connectivity index (χ0v) is 16.3. The number of esters is 1. The van der Waals surface area contributed by atoms with Gasteiger partial charge in [0.15, 0.2) is 0 Å². The van der Waals surface area contributed by atoms with Crippen molar-refractivity contribution < 1.29 is 28.3 Å². The van der Waals surface area contributed by atoms with E-state index in [0.717, 1.165) is 17.3 Å². The second-order valence-corrected chi connectivity index (χ2v) is 6.94. The number of methoxy groups -OCH3 is 2. The Hall–Kier alpha value is -2.84. The van der Waals surface area contributed by atoms with Crippen molar-refractivity contribution in [2.24, 2.45) is 0 Å². The molecule has 0 bridgehead atoms. The Morgan fingerprint density at radius 1 is 1.14 bits per heavy atom. The van der Waals surface area contributed by atoms with Gasteiger partial charge in [0, 0.05) is 31.9 Å². The molecule has 0 saturated carbocycles. The van der Waals surface area contributed by atoms with Crippen molar-refractivity contribution in [3.8, 4) is 11.3 Å². The minimum absolute atomic E-state index is 0.294. The van der Waals surface area contributed by atoms with Crippen molar-refractivity contribution in [1.29, 1.82) is 0 Å². The second kappa shape index (κ2) is 8.90. The van der Waals surface area contributed by atoms with Crippen LogP contribution < -0.4 is 0 Å². The number of hydrogen-bond donors (Lipinski definition) is 0. The van der Waals surface area contributed by atoms with Gasteiger partial charge in [0.25, 0.3) is 11.1 Å². The largest absolute Gasteiger partial charge is 0.465 e. The number of furan rings is 1. The average molecular weight is 401 g/mol. The quantitative estimate of drug-likeness (QED) is 0.396. The monoisotopic (exact) mass is 401 g/mol. The number of nitrogens with zero attached hydrogens (tertiary/aromatic N) is 1. The van der Waals surface area contributed by atoms with Gasteiger partial charge in [-0.2, -0.15) is 0 Å². The Labute approximate surface area is 166 Å². The topological polar surface area (TPSA) is 86.1 Å². The molecule has 1 aromatic carbocycles. The molecule has 8 heteroatoms. The van der Waals surface area contributed by atoms with Crippen LogP contribution in [0.5, 0.6) is 0 Å². The van der Waals surface area contributed by atoms with E-state index in [1.165, 1.54) is 12.0 Å². The van der Waals surface area contributed by atoms with Gasteiger partial charge in [0.05, 0.1) is 17.6 Å². The summed E-state index contributed by atoms with van der Waals surface area (Å²) < 4.78 is 15.4. The number of amides is 2. The molecule has 28 heavy (non-hydrogen) atoms. The molecule has 0 radical (unpaired) electrons. The fourth-order valence-corrected chi connectivity index (χ4v) is 3.51. The van der Waals surface area contributed by atoms with E-state index in [-0.39, 0.29) is 11.1 Å². The molecule has 1 aromatic heterocycles. The Morgan fingerprint density at radius 2 is 1.89 bits per heavy atom. The molecular formula is C20H19NO6S. The molecule has 146 valence electrons. The third kappa shape index (κ3) is 4.35. The molecule has 2 heterocycles. The van der Waals surface area contributed by atoms with Crippen molar-refractivity contribution in [2.45, 2.75) is 6.42 Å². The highest BCUT2D eigenvalue weighted by Gasteiger charge is 2.34. The van der Waals surface area contributed by atoms with Crippen LogP contribution in [0.2, 0.25) is 0 Å². The molecule has 2 amide bonds. The maximum atomic E-state index is 12.4. The molecule has 0 aliphatic carbocycles. The molecule has 1 aliphatic rings. The van der Waals surface area contributed by atoms with Gasteiger partial charge in [-0.25, -0.2) is 4.79 Å². The molecule has 0 spiro atoms. The average Bonchev–Trinajstić information content (AvgIpc) is 3.27. The van der Waals surface area contributed by atoms with Gasteiger partial charge in [0.1, 0.15) is 11.5 Å². The standard InChI is InChI=1S/C20H19NO6S/c1-25-11-3-10-21-18(22)17(28-20(21)24)12-15-8-9-16(27-15)13-4-6-14(7-5-13)19(23)26-2/h4-9,12H,3,10-11H2,1-2H3. The van der Waals surface area contributed by atoms with Crippen molar-refractivity contribution in [2.75, 3.05) is 27.4 Å². The van der Waals surface area contributed by atoms with Gasteiger partial charge in [-0.3, -0.25) is 14.5 Å². The van der Waals surface area contributed by atoms with Gasteiger partial charge < -0.3 is 13.9 Å². The lowest BCUT2D eigenvalue weighted by Gasteiger charge is -2.11. The second-order valence-electron chi connectivity index (χ2n) is 5.95. The molecule has 7 nitrogen and oxygen atoms in total. The highest BCUT2D eigenvalue weighted by Crippen LogP contribution is 2.33. The van der Waals surface area contributed by atoms with Crippen molar-refractivity contribution in [3.63, 3.8) is 0 Å². The summed E-state index contributed by atoms with van der Waals surface area (Å²) in [5.74, 6) is 0.316. The molecular weight excluding hydrogens is 382 g/mol. The van der Waals surface area contributed by atoms with Crippen LogP contribution in [0.3, 0.4) is 0 Å². The summed E-state index contributed by atoms with van der Waals surface area (Å²) in [5.41, 5.74) is 1.22. The number of hydrogen-bond acceptors (Lipinski definition) is 7. The van der Waals surface area contributed by atoms with Crippen LogP contribution in [0.1, 0.15) is 22.5 Å². The third-order valence-electron chi connectivity index (χ3n) is 4.09. The zero-order chi connectivity index (χ0) is 20.1. The Balaban J connectivity index is 1.73. The predicted octanol–water partition coefficient (Wildman–Crippen LogP) is 3.81. The molecule has 1 aliphatic heterocycles. The smallest absolute Gasteiger partial charge is 0.337 e. The molecule has 3 rings (SSSR count). The number of ether oxygens (including phenoxy) is 2. The van der Waals surface area contributed by atoms with Gasteiger partial charge in [-0.1, -0.05) is 12.1 Å². The van der Waals surface area contributed by atoms with Crippen molar-refractivity contribution >= 4 is 35.0 Å². The number of rotatable bonds is 7. The van der Waals surface area contributed by atoms with Gasteiger partial charge in [-0.05, 0) is 42.4 Å². The first-order valence-corrected chi connectivity index (χ1v) is 9.38. The molecule has 0 unspecified atom stereocenters. The lowest BCUT2D eigenvalue weighted by atomic mass is 10.1. The summed E-state index contributed by atoms with van der Waals surface area (Å²) in [6.45, 7) is 0.808. The highest BCUT2D eigenvalue weighted by atomic mass is 32.2. The third-order valence-corrected chi connectivity index (χ3v) is 5.00. The first-order valence-electron chi connectivity index (χ1n) is 8.56. The molecule has 0 N–H and O–H groups in total. The lowest BCUT2D eigenvalue weighted by Crippen LogP contribution is -2.29. The van der Waals surface area contributed by atoms with E-state index in [1.54, 1.807) is 49.6 Å². The van der Waals surface area contributed by atoms with E-state index in [9.17, 15) is 14.4 Å². The van der Waals surface area contributed by atoms with E-state index >= 15 is 0 Å². The van der Waals surface area contributed by atoms with Crippen LogP contribution in [0, 0.1) is 0 Å².